The van der Waals surface area contributed by atoms with Crippen molar-refractivity contribution in [3.63, 3.8) is 0 Å². The van der Waals surface area contributed by atoms with Crippen molar-refractivity contribution in [1.29, 1.82) is 0 Å². The van der Waals surface area contributed by atoms with Gasteiger partial charge in [0.15, 0.2) is 0 Å². The summed E-state index contributed by atoms with van der Waals surface area (Å²) in [4.78, 5) is 26.0. The van der Waals surface area contributed by atoms with Crippen LogP contribution < -0.4 is 5.32 Å². The first-order valence-electron chi connectivity index (χ1n) is 14.3. The Labute approximate surface area is 204 Å². The van der Waals surface area contributed by atoms with E-state index in [1.807, 2.05) is 0 Å². The first-order chi connectivity index (χ1) is 16.5. The van der Waals surface area contributed by atoms with Crippen molar-refractivity contribution in [3.05, 3.63) is 0 Å². The van der Waals surface area contributed by atoms with Crippen LogP contribution >= 0.6 is 0 Å². The van der Waals surface area contributed by atoms with Crippen LogP contribution in [0.25, 0.3) is 0 Å². The molecule has 5 unspecified atom stereocenters. The highest BCUT2D eigenvalue weighted by atomic mass is 16.6. The maximum atomic E-state index is 13.1. The number of aliphatic hydroxyl groups excluding tert-OH is 2. The summed E-state index contributed by atoms with van der Waals surface area (Å²) >= 11 is 0. The van der Waals surface area contributed by atoms with Crippen molar-refractivity contribution >= 4 is 11.9 Å². The molecule has 6 nitrogen and oxygen atoms in total. The van der Waals surface area contributed by atoms with Gasteiger partial charge in [0.1, 0.15) is 5.60 Å². The number of hydrogen-bond acceptors (Lipinski definition) is 5. The lowest BCUT2D eigenvalue weighted by molar-refractivity contribution is -0.171. The van der Waals surface area contributed by atoms with Crippen molar-refractivity contribution in [2.75, 3.05) is 6.61 Å². The van der Waals surface area contributed by atoms with Gasteiger partial charge in [0.05, 0.1) is 12.0 Å². The Bertz CT molecular complexity index is 726. The lowest BCUT2D eigenvalue weighted by atomic mass is 9.57. The van der Waals surface area contributed by atoms with Crippen molar-refractivity contribution in [3.8, 4) is 0 Å². The van der Waals surface area contributed by atoms with Crippen LogP contribution in [0, 0.1) is 35.5 Å². The van der Waals surface area contributed by atoms with Crippen molar-refractivity contribution < 1.29 is 24.5 Å². The molecule has 6 heteroatoms. The summed E-state index contributed by atoms with van der Waals surface area (Å²) in [6.07, 6.45) is 15.5. The number of rotatable bonds is 5. The molecule has 4 saturated carbocycles. The molecule has 0 spiro atoms. The molecule has 0 bridgehead atoms. The average molecular weight is 476 g/mol. The monoisotopic (exact) mass is 475 g/mol. The fourth-order valence-electron chi connectivity index (χ4n) is 8.61. The number of amides is 1. The van der Waals surface area contributed by atoms with Crippen LogP contribution in [-0.4, -0.2) is 46.4 Å². The number of fused-ring (bicyclic) bond motifs is 1. The zero-order chi connectivity index (χ0) is 23.7. The van der Waals surface area contributed by atoms with E-state index in [9.17, 15) is 19.8 Å². The number of nitrogens with one attached hydrogen (secondary N) is 1. The van der Waals surface area contributed by atoms with E-state index in [1.165, 1.54) is 6.42 Å². The zero-order valence-corrected chi connectivity index (χ0v) is 20.8. The van der Waals surface area contributed by atoms with Crippen molar-refractivity contribution in [2.45, 2.75) is 120 Å². The van der Waals surface area contributed by atoms with Gasteiger partial charge in [0.25, 0.3) is 0 Å². The highest BCUT2D eigenvalue weighted by Crippen LogP contribution is 2.58. The summed E-state index contributed by atoms with van der Waals surface area (Å²) < 4.78 is 6.51. The van der Waals surface area contributed by atoms with Crippen LogP contribution in [0.3, 0.4) is 0 Å². The van der Waals surface area contributed by atoms with Gasteiger partial charge in [0, 0.05) is 24.5 Å². The van der Waals surface area contributed by atoms with Gasteiger partial charge in [-0.1, -0.05) is 19.3 Å². The third-order valence-electron chi connectivity index (χ3n) is 10.4. The molecule has 0 aromatic heterocycles. The van der Waals surface area contributed by atoms with Crippen LogP contribution in [0.5, 0.6) is 0 Å². The van der Waals surface area contributed by atoms with Crippen molar-refractivity contribution in [2.24, 2.45) is 35.5 Å². The van der Waals surface area contributed by atoms with Crippen LogP contribution in [0.2, 0.25) is 0 Å². The highest BCUT2D eigenvalue weighted by molar-refractivity contribution is 5.79. The van der Waals surface area contributed by atoms with Crippen molar-refractivity contribution in [1.82, 2.24) is 5.32 Å². The number of cyclic esters (lactones) is 1. The molecule has 1 amide bonds. The largest absolute Gasteiger partial charge is 0.458 e. The number of carbonyl (C=O) groups is 2. The molecule has 5 fully saturated rings. The predicted octanol–water partition coefficient (Wildman–Crippen LogP) is 4.11. The lowest BCUT2D eigenvalue weighted by Gasteiger charge is -2.50. The molecular formula is C28H45NO5. The highest BCUT2D eigenvalue weighted by Gasteiger charge is 2.62. The predicted molar refractivity (Wildman–Crippen MR) is 129 cm³/mol. The van der Waals surface area contributed by atoms with E-state index in [-0.39, 0.29) is 54.0 Å². The molecule has 5 aliphatic rings. The van der Waals surface area contributed by atoms with E-state index < -0.39 is 0 Å². The number of esters is 1. The van der Waals surface area contributed by atoms with E-state index in [2.05, 4.69) is 5.32 Å². The summed E-state index contributed by atoms with van der Waals surface area (Å²) in [7, 11) is 0. The van der Waals surface area contributed by atoms with Gasteiger partial charge in [0.2, 0.25) is 5.91 Å². The Kier molecular flexibility index (Phi) is 7.55. The third kappa shape index (κ3) is 4.66. The minimum Gasteiger partial charge on any atom is -0.458 e. The molecule has 0 radical (unpaired) electrons. The summed E-state index contributed by atoms with van der Waals surface area (Å²) in [5.41, 5.74) is -0.352. The molecule has 1 aliphatic heterocycles. The average Bonchev–Trinajstić information content (AvgIpc) is 3.18. The second-order valence-corrected chi connectivity index (χ2v) is 12.2. The van der Waals surface area contributed by atoms with Gasteiger partial charge in [-0.3, -0.25) is 9.59 Å². The summed E-state index contributed by atoms with van der Waals surface area (Å²) in [6, 6.07) is 0.211. The minimum absolute atomic E-state index is 0.0435. The normalized spacial score (nSPS) is 45.3. The minimum atomic E-state index is -0.352. The first kappa shape index (κ1) is 24.5. The van der Waals surface area contributed by atoms with Gasteiger partial charge >= 0.3 is 5.97 Å². The van der Waals surface area contributed by atoms with Gasteiger partial charge in [-0.25, -0.2) is 0 Å². The maximum Gasteiger partial charge on any atom is 0.309 e. The Hall–Kier alpha value is -1.14. The van der Waals surface area contributed by atoms with Gasteiger partial charge < -0.3 is 20.3 Å². The molecule has 5 rings (SSSR count). The number of ether oxygens (including phenoxy) is 1. The topological polar surface area (TPSA) is 95.9 Å². The van der Waals surface area contributed by atoms with Gasteiger partial charge in [-0.15, -0.1) is 0 Å². The number of aliphatic hydroxyl groups is 2. The molecule has 0 aromatic rings. The Morgan fingerprint density at radius 2 is 1.56 bits per heavy atom. The summed E-state index contributed by atoms with van der Waals surface area (Å²) in [6.45, 7) is 0.191. The van der Waals surface area contributed by atoms with Crippen LogP contribution in [0.4, 0.5) is 0 Å². The Morgan fingerprint density at radius 3 is 2.26 bits per heavy atom. The molecule has 34 heavy (non-hydrogen) atoms. The third-order valence-corrected chi connectivity index (χ3v) is 10.4. The lowest BCUT2D eigenvalue weighted by Crippen LogP contribution is -2.54. The molecule has 1 saturated heterocycles. The molecule has 192 valence electrons. The molecule has 3 N–H and O–H groups in total. The summed E-state index contributed by atoms with van der Waals surface area (Å²) in [5.74, 6) is 1.68. The van der Waals surface area contributed by atoms with Crippen LogP contribution in [0.1, 0.15) is 103 Å². The fourth-order valence-corrected chi connectivity index (χ4v) is 8.61. The van der Waals surface area contributed by atoms with E-state index in [4.69, 9.17) is 4.74 Å². The van der Waals surface area contributed by atoms with E-state index in [0.29, 0.717) is 17.8 Å². The standard InChI is InChI=1S/C28H45NO5/c30-17-18-4-3-5-19(16-18)26(32)29-22-12-8-20(9-13-22)28(21-10-14-23(31)15-11-21)25-7-2-1-6-24(25)27(33)34-28/h18-25,30-31H,1-17H2,(H,29,32). The van der Waals surface area contributed by atoms with E-state index >= 15 is 0 Å². The Morgan fingerprint density at radius 1 is 0.882 bits per heavy atom. The summed E-state index contributed by atoms with van der Waals surface area (Å²) in [5, 5.41) is 23.0. The quantitative estimate of drug-likeness (QED) is 0.520. The second-order valence-electron chi connectivity index (χ2n) is 12.2. The number of carbonyl (C=O) groups excluding carboxylic acids is 2. The first-order valence-corrected chi connectivity index (χ1v) is 14.3. The second kappa shape index (κ2) is 10.5. The fraction of sp³-hybridized carbons (Fsp3) is 0.929. The zero-order valence-electron chi connectivity index (χ0n) is 20.8. The van der Waals surface area contributed by atoms with Crippen LogP contribution in [-0.2, 0) is 14.3 Å². The molecular weight excluding hydrogens is 430 g/mol. The Balaban J connectivity index is 1.25. The SMILES string of the molecule is O=C(NC1CCC(C2(C3CCC(O)CC3)OC(=O)C3CCCCC32)CC1)C1CCCC(CO)C1. The maximum absolute atomic E-state index is 13.1. The molecule has 1 heterocycles. The van der Waals surface area contributed by atoms with Crippen LogP contribution in [0.15, 0.2) is 0 Å². The molecule has 5 atom stereocenters. The molecule has 4 aliphatic carbocycles. The van der Waals surface area contributed by atoms with E-state index in [0.717, 1.165) is 96.3 Å². The van der Waals surface area contributed by atoms with E-state index in [1.54, 1.807) is 0 Å². The molecule has 0 aromatic carbocycles. The van der Waals surface area contributed by atoms with Gasteiger partial charge in [-0.2, -0.15) is 0 Å². The van der Waals surface area contributed by atoms with Gasteiger partial charge in [-0.05, 0) is 101 Å². The smallest absolute Gasteiger partial charge is 0.309 e. The number of hydrogen-bond donors (Lipinski definition) is 3.